The molecule has 0 radical (unpaired) electrons. The summed E-state index contributed by atoms with van der Waals surface area (Å²) in [6.07, 6.45) is 0. The Kier molecular flexibility index (Phi) is 23.2. The van der Waals surface area contributed by atoms with Crippen molar-refractivity contribution in [3.8, 4) is 0 Å². The Balaban J connectivity index is -0.000000214. The number of ether oxygens (including phenoxy) is 1. The molecule has 1 rings (SSSR count). The van der Waals surface area contributed by atoms with E-state index in [4.69, 9.17) is 5.41 Å². The summed E-state index contributed by atoms with van der Waals surface area (Å²) < 4.78 is 4.44. The van der Waals surface area contributed by atoms with Crippen molar-refractivity contribution in [1.29, 1.82) is 5.41 Å². The van der Waals surface area contributed by atoms with E-state index < -0.39 is 5.97 Å². The first-order valence-electron chi connectivity index (χ1n) is 6.19. The summed E-state index contributed by atoms with van der Waals surface area (Å²) in [5.74, 6) is 1.28. The zero-order valence-corrected chi connectivity index (χ0v) is 14.4. The first kappa shape index (κ1) is 23.0. The highest BCUT2D eigenvalue weighted by Gasteiger charge is 2.00. The molecular weight excluding hydrogens is 306 g/mol. The monoisotopic (exact) mass is 331 g/mol. The molecule has 1 N–H and O–H groups in total. The van der Waals surface area contributed by atoms with Gasteiger partial charge in [-0.05, 0) is 26.6 Å². The summed E-state index contributed by atoms with van der Waals surface area (Å²) in [4.78, 5) is 10.3. The van der Waals surface area contributed by atoms with Gasteiger partial charge in [-0.1, -0.05) is 65.7 Å². The molecule has 3 nitrogen and oxygen atoms in total. The Hall–Kier alpha value is -1.16. The molecular formula is C15H26BrNO2. The summed E-state index contributed by atoms with van der Waals surface area (Å²) in [6, 6.07) is 10.3. The lowest BCUT2D eigenvalue weighted by molar-refractivity contribution is -0.135. The number of aryl methyl sites for hydroxylation is 1. The van der Waals surface area contributed by atoms with Crippen LogP contribution < -0.4 is 0 Å². The third kappa shape index (κ3) is 19.4. The molecule has 0 spiro atoms. The first-order valence-corrected chi connectivity index (χ1v) is 7.78. The van der Waals surface area contributed by atoms with Crippen molar-refractivity contribution in [3.63, 3.8) is 0 Å². The van der Waals surface area contributed by atoms with Gasteiger partial charge in [0.2, 0.25) is 0 Å². The fraction of sp³-hybridized carbons (Fsp3) is 0.467. The maximum atomic E-state index is 10.3. The molecule has 0 saturated heterocycles. The molecule has 0 aliphatic rings. The number of alkyl halides is 1. The summed E-state index contributed by atoms with van der Waals surface area (Å²) >= 11 is 2.94. The fourth-order valence-corrected chi connectivity index (χ4v) is 0.774. The SMILES string of the molecule is CBr.CC.CCOC(=O)C(C)=N.Cc1ccccc1. The molecule has 0 aromatic heterocycles. The van der Waals surface area contributed by atoms with Crippen LogP contribution in [0.25, 0.3) is 0 Å². The predicted octanol–water partition coefficient (Wildman–Crippen LogP) is 4.62. The van der Waals surface area contributed by atoms with E-state index in [1.807, 2.05) is 37.9 Å². The molecule has 4 heteroatoms. The molecule has 0 aliphatic carbocycles. The number of benzene rings is 1. The van der Waals surface area contributed by atoms with Crippen LogP contribution in [-0.2, 0) is 9.53 Å². The molecule has 0 fully saturated rings. The topological polar surface area (TPSA) is 50.2 Å². The number of esters is 1. The zero-order valence-electron chi connectivity index (χ0n) is 12.8. The van der Waals surface area contributed by atoms with Crippen LogP contribution in [0.2, 0.25) is 0 Å². The normalized spacial score (nSPS) is 7.32. The summed E-state index contributed by atoms with van der Waals surface area (Å²) in [5, 5.41) is 6.73. The minimum absolute atomic E-state index is 0.0492. The van der Waals surface area contributed by atoms with Crippen LogP contribution in [0.1, 0.15) is 33.3 Å². The van der Waals surface area contributed by atoms with Gasteiger partial charge in [0.15, 0.2) is 0 Å². The van der Waals surface area contributed by atoms with Crippen molar-refractivity contribution in [1.82, 2.24) is 0 Å². The van der Waals surface area contributed by atoms with Crippen molar-refractivity contribution < 1.29 is 9.53 Å². The first-order chi connectivity index (χ1) is 9.07. The summed E-state index contributed by atoms with van der Waals surface area (Å²) in [7, 11) is 0. The highest BCUT2D eigenvalue weighted by Crippen LogP contribution is 1.92. The number of hydrogen-bond acceptors (Lipinski definition) is 3. The fourth-order valence-electron chi connectivity index (χ4n) is 0.774. The number of carbonyl (C=O) groups is 1. The largest absolute Gasteiger partial charge is 0.462 e. The molecule has 0 saturated carbocycles. The van der Waals surface area contributed by atoms with Gasteiger partial charge >= 0.3 is 5.97 Å². The van der Waals surface area contributed by atoms with E-state index in [-0.39, 0.29) is 5.71 Å². The van der Waals surface area contributed by atoms with E-state index in [1.165, 1.54) is 12.5 Å². The van der Waals surface area contributed by atoms with E-state index in [0.717, 1.165) is 0 Å². The van der Waals surface area contributed by atoms with Crippen LogP contribution in [0.4, 0.5) is 0 Å². The van der Waals surface area contributed by atoms with Crippen LogP contribution in [0, 0.1) is 12.3 Å². The van der Waals surface area contributed by atoms with Gasteiger partial charge in [0.05, 0.1) is 6.61 Å². The van der Waals surface area contributed by atoms with E-state index >= 15 is 0 Å². The van der Waals surface area contributed by atoms with Crippen LogP contribution in [0.5, 0.6) is 0 Å². The van der Waals surface area contributed by atoms with Gasteiger partial charge in [-0.3, -0.25) is 5.41 Å². The molecule has 0 bridgehead atoms. The maximum absolute atomic E-state index is 10.3. The van der Waals surface area contributed by atoms with Crippen LogP contribution in [0.15, 0.2) is 30.3 Å². The Morgan fingerprint density at radius 2 is 1.63 bits per heavy atom. The van der Waals surface area contributed by atoms with Crippen LogP contribution in [0.3, 0.4) is 0 Å². The molecule has 1 aromatic rings. The molecule has 19 heavy (non-hydrogen) atoms. The second kappa shape index (κ2) is 19.2. The predicted molar refractivity (Wildman–Crippen MR) is 87.4 cm³/mol. The van der Waals surface area contributed by atoms with Gasteiger partial charge in [-0.2, -0.15) is 0 Å². The minimum Gasteiger partial charge on any atom is -0.462 e. The standard InChI is InChI=1S/C7H8.C5H9NO2.C2H6.CH3Br/c1-7-5-3-2-4-6-7;1-3-8-5(7)4(2)6;2*1-2/h2-6H,1H3;6H,3H2,1-2H3;1-2H3;1H3. The Labute approximate surface area is 126 Å². The van der Waals surface area contributed by atoms with Gasteiger partial charge in [-0.15, -0.1) is 0 Å². The van der Waals surface area contributed by atoms with E-state index in [0.29, 0.717) is 6.61 Å². The van der Waals surface area contributed by atoms with Crippen LogP contribution in [-0.4, -0.2) is 24.1 Å². The molecule has 1 aromatic carbocycles. The number of halogens is 1. The van der Waals surface area contributed by atoms with Gasteiger partial charge in [0.25, 0.3) is 0 Å². The Bertz CT molecular complexity index is 313. The smallest absolute Gasteiger partial charge is 0.351 e. The van der Waals surface area contributed by atoms with E-state index in [2.05, 4.69) is 39.7 Å². The number of hydrogen-bond donors (Lipinski definition) is 1. The second-order valence-electron chi connectivity index (χ2n) is 3.00. The Morgan fingerprint density at radius 1 is 1.21 bits per heavy atom. The molecule has 110 valence electrons. The lowest BCUT2D eigenvalue weighted by atomic mass is 10.2. The van der Waals surface area contributed by atoms with Gasteiger partial charge in [0.1, 0.15) is 5.71 Å². The molecule has 0 amide bonds. The minimum atomic E-state index is -0.535. The molecule has 0 atom stereocenters. The summed E-state index contributed by atoms with van der Waals surface area (Å²) in [5.41, 5.74) is 1.27. The van der Waals surface area contributed by atoms with Gasteiger partial charge < -0.3 is 4.74 Å². The average molecular weight is 332 g/mol. The highest BCUT2D eigenvalue weighted by atomic mass is 79.9. The van der Waals surface area contributed by atoms with Crippen molar-refractivity contribution >= 4 is 27.6 Å². The quantitative estimate of drug-likeness (QED) is 0.488. The zero-order chi connectivity index (χ0) is 15.7. The third-order valence-corrected chi connectivity index (χ3v) is 1.52. The highest BCUT2D eigenvalue weighted by molar-refractivity contribution is 9.08. The van der Waals surface area contributed by atoms with Gasteiger partial charge in [0, 0.05) is 0 Å². The third-order valence-electron chi connectivity index (χ3n) is 1.52. The van der Waals surface area contributed by atoms with Crippen molar-refractivity contribution in [2.75, 3.05) is 12.4 Å². The van der Waals surface area contributed by atoms with E-state index in [1.54, 1.807) is 6.92 Å². The van der Waals surface area contributed by atoms with Crippen molar-refractivity contribution in [3.05, 3.63) is 35.9 Å². The number of carbonyl (C=O) groups excluding carboxylic acids is 1. The van der Waals surface area contributed by atoms with Gasteiger partial charge in [-0.25, -0.2) is 4.79 Å². The Morgan fingerprint density at radius 3 is 1.79 bits per heavy atom. The maximum Gasteiger partial charge on any atom is 0.351 e. The number of nitrogens with one attached hydrogen (secondary N) is 1. The average Bonchev–Trinajstić information content (AvgIpc) is 2.45. The number of rotatable bonds is 2. The van der Waals surface area contributed by atoms with Crippen molar-refractivity contribution in [2.45, 2.75) is 34.6 Å². The molecule has 0 aliphatic heterocycles. The van der Waals surface area contributed by atoms with Crippen LogP contribution >= 0.6 is 15.9 Å². The second-order valence-corrected chi connectivity index (χ2v) is 3.00. The van der Waals surface area contributed by atoms with E-state index in [9.17, 15) is 4.79 Å². The lowest BCUT2D eigenvalue weighted by Gasteiger charge is -1.95. The molecule has 0 unspecified atom stereocenters. The summed E-state index contributed by atoms with van der Waals surface area (Å²) in [6.45, 7) is 9.54. The molecule has 0 heterocycles. The lowest BCUT2D eigenvalue weighted by Crippen LogP contribution is -2.12. The van der Waals surface area contributed by atoms with Crippen molar-refractivity contribution in [2.24, 2.45) is 0 Å².